The van der Waals surface area contributed by atoms with Crippen molar-refractivity contribution < 1.29 is 18.0 Å². The topological polar surface area (TPSA) is 119 Å². The molecule has 1 N–H and O–H groups in total. The van der Waals surface area contributed by atoms with Crippen molar-refractivity contribution in [3.8, 4) is 0 Å². The highest BCUT2D eigenvalue weighted by Gasteiger charge is 2.36. The Balaban J connectivity index is 1.48. The molecule has 2 aromatic heterocycles. The lowest BCUT2D eigenvalue weighted by Crippen LogP contribution is -2.30. The van der Waals surface area contributed by atoms with Crippen molar-refractivity contribution in [2.75, 3.05) is 11.1 Å². The molecule has 182 valence electrons. The zero-order chi connectivity index (χ0) is 25.3. The van der Waals surface area contributed by atoms with E-state index in [2.05, 4.69) is 20.3 Å². The number of Topliss-reactive ketones (excluding diaryl/α,β-unsaturated/α-hetero) is 1. The molecule has 0 saturated heterocycles. The fourth-order valence-corrected chi connectivity index (χ4v) is 5.37. The Morgan fingerprint density at radius 1 is 1.06 bits per heavy atom. The van der Waals surface area contributed by atoms with Gasteiger partial charge in [0.05, 0.1) is 34.4 Å². The third kappa shape index (κ3) is 5.30. The zero-order valence-electron chi connectivity index (χ0n) is 20.2. The second kappa shape index (κ2) is 9.65. The van der Waals surface area contributed by atoms with Crippen LogP contribution in [0.5, 0.6) is 0 Å². The highest BCUT2D eigenvalue weighted by molar-refractivity contribution is 7.91. The van der Waals surface area contributed by atoms with Crippen molar-refractivity contribution in [3.05, 3.63) is 76.5 Å². The number of hydrogen-bond acceptors (Lipinski definition) is 7. The lowest BCUT2D eigenvalue weighted by atomic mass is 9.76. The second-order valence-electron chi connectivity index (χ2n) is 8.97. The van der Waals surface area contributed by atoms with Crippen LogP contribution in [-0.4, -0.2) is 40.8 Å². The van der Waals surface area contributed by atoms with Gasteiger partial charge >= 0.3 is 0 Å². The number of pyridine rings is 1. The average Bonchev–Trinajstić information content (AvgIpc) is 2.78. The van der Waals surface area contributed by atoms with E-state index >= 15 is 0 Å². The van der Waals surface area contributed by atoms with Crippen molar-refractivity contribution in [1.29, 1.82) is 0 Å². The summed E-state index contributed by atoms with van der Waals surface area (Å²) in [7, 11) is -3.28. The van der Waals surface area contributed by atoms with Crippen molar-refractivity contribution >= 4 is 27.3 Å². The molecule has 0 fully saturated rings. The summed E-state index contributed by atoms with van der Waals surface area (Å²) in [5.41, 5.74) is 3.46. The Bertz CT molecular complexity index is 1380. The number of anilines is 1. The molecular weight excluding hydrogens is 464 g/mol. The number of carbonyl (C=O) groups is 2. The number of rotatable bonds is 6. The van der Waals surface area contributed by atoms with Gasteiger partial charge in [0.1, 0.15) is 11.6 Å². The number of ketones is 1. The largest absolute Gasteiger partial charge is 0.310 e. The number of fused-ring (bicyclic) bond motifs is 1. The summed E-state index contributed by atoms with van der Waals surface area (Å²) >= 11 is 0. The van der Waals surface area contributed by atoms with Crippen molar-refractivity contribution in [2.45, 2.75) is 51.3 Å². The number of amides is 1. The van der Waals surface area contributed by atoms with Gasteiger partial charge in [0.2, 0.25) is 5.91 Å². The summed E-state index contributed by atoms with van der Waals surface area (Å²) in [6, 6.07) is 11.5. The van der Waals surface area contributed by atoms with Gasteiger partial charge in [-0.25, -0.2) is 23.4 Å². The Morgan fingerprint density at radius 3 is 2.43 bits per heavy atom. The molecule has 2 atom stereocenters. The molecule has 0 bridgehead atoms. The monoisotopic (exact) mass is 492 g/mol. The third-order valence-corrected chi connectivity index (χ3v) is 7.96. The minimum absolute atomic E-state index is 0.0000608. The molecule has 0 radical (unpaired) electrons. The summed E-state index contributed by atoms with van der Waals surface area (Å²) in [6.45, 7) is 7.31. The zero-order valence-corrected chi connectivity index (χ0v) is 21.0. The fourth-order valence-electron chi connectivity index (χ4n) is 4.48. The molecular formula is C26H28N4O4S. The molecule has 0 aliphatic heterocycles. The van der Waals surface area contributed by atoms with Gasteiger partial charge in [-0.15, -0.1) is 0 Å². The first-order valence-corrected chi connectivity index (χ1v) is 13.2. The highest BCUT2D eigenvalue weighted by atomic mass is 32.2. The maximum absolute atomic E-state index is 13.3. The highest BCUT2D eigenvalue weighted by Crippen LogP contribution is 2.36. The summed E-state index contributed by atoms with van der Waals surface area (Å²) in [6.07, 6.45) is 0.667. The number of aryl methyl sites for hydroxylation is 2. The van der Waals surface area contributed by atoms with E-state index in [4.69, 9.17) is 0 Å². The Hall–Kier alpha value is -3.46. The Labute approximate surface area is 205 Å². The van der Waals surface area contributed by atoms with E-state index in [1.807, 2.05) is 26.8 Å². The van der Waals surface area contributed by atoms with Crippen molar-refractivity contribution in [3.63, 3.8) is 0 Å². The standard InChI is InChI=1S/C26H28N4O4S/c1-5-35(33,34)19-8-6-18(7-9-19)14-24(31)30-23-11-10-20-21(29-23)12-15(2)25(26(20)32)22-13-16(3)27-17(4)28-22/h6-11,13,15,25H,5,12,14H2,1-4H3,(H,29,30,31). The Kier molecular flexibility index (Phi) is 6.80. The van der Waals surface area contributed by atoms with Gasteiger partial charge in [-0.3, -0.25) is 9.59 Å². The molecule has 0 saturated carbocycles. The van der Waals surface area contributed by atoms with Crippen LogP contribution in [0.2, 0.25) is 0 Å². The number of sulfone groups is 1. The number of hydrogen-bond donors (Lipinski definition) is 1. The minimum Gasteiger partial charge on any atom is -0.310 e. The van der Waals surface area contributed by atoms with Gasteiger partial charge in [0, 0.05) is 11.3 Å². The molecule has 1 aliphatic carbocycles. The predicted octanol–water partition coefficient (Wildman–Crippen LogP) is 3.62. The number of carbonyl (C=O) groups excluding carboxylic acids is 2. The maximum Gasteiger partial charge on any atom is 0.229 e. The fraction of sp³-hybridized carbons (Fsp3) is 0.346. The van der Waals surface area contributed by atoms with Crippen molar-refractivity contribution in [1.82, 2.24) is 15.0 Å². The van der Waals surface area contributed by atoms with E-state index in [1.165, 1.54) is 12.1 Å². The summed E-state index contributed by atoms with van der Waals surface area (Å²) in [5.74, 6) is 0.392. The molecule has 1 amide bonds. The smallest absolute Gasteiger partial charge is 0.229 e. The van der Waals surface area contributed by atoms with Crippen molar-refractivity contribution in [2.24, 2.45) is 5.92 Å². The average molecular weight is 493 g/mol. The van der Waals surface area contributed by atoms with Crippen LogP contribution in [0.15, 0.2) is 47.4 Å². The van der Waals surface area contributed by atoms with Gasteiger partial charge in [-0.1, -0.05) is 26.0 Å². The van der Waals surface area contributed by atoms with Gasteiger partial charge in [-0.2, -0.15) is 0 Å². The SMILES string of the molecule is CCS(=O)(=O)c1ccc(CC(=O)Nc2ccc3c(n2)CC(C)C(c2cc(C)nc(C)n2)C3=O)cc1. The third-order valence-electron chi connectivity index (χ3n) is 6.21. The van der Waals surface area contributed by atoms with Crippen LogP contribution in [0.25, 0.3) is 0 Å². The lowest BCUT2D eigenvalue weighted by molar-refractivity contribution is -0.115. The molecule has 9 heteroatoms. The molecule has 4 rings (SSSR count). The molecule has 3 aromatic rings. The molecule has 2 unspecified atom stereocenters. The first kappa shape index (κ1) is 24.7. The van der Waals surface area contributed by atoms with E-state index in [0.29, 0.717) is 34.9 Å². The van der Waals surface area contributed by atoms with Crippen LogP contribution in [-0.2, 0) is 27.5 Å². The minimum atomic E-state index is -3.28. The lowest BCUT2D eigenvalue weighted by Gasteiger charge is -2.29. The van der Waals surface area contributed by atoms with Crippen LogP contribution < -0.4 is 5.32 Å². The molecule has 1 aliphatic rings. The maximum atomic E-state index is 13.3. The normalized spacial score (nSPS) is 17.7. The van der Waals surface area contributed by atoms with E-state index in [1.54, 1.807) is 31.2 Å². The number of nitrogens with zero attached hydrogens (tertiary/aromatic N) is 3. The van der Waals surface area contributed by atoms with Crippen LogP contribution in [0.1, 0.15) is 58.6 Å². The summed E-state index contributed by atoms with van der Waals surface area (Å²) < 4.78 is 23.9. The number of aromatic nitrogens is 3. The predicted molar refractivity (Wildman–Crippen MR) is 132 cm³/mol. The van der Waals surface area contributed by atoms with Crippen LogP contribution in [0, 0.1) is 19.8 Å². The van der Waals surface area contributed by atoms with Gasteiger partial charge < -0.3 is 5.32 Å². The number of nitrogens with one attached hydrogen (secondary N) is 1. The molecule has 0 spiro atoms. The molecule has 35 heavy (non-hydrogen) atoms. The second-order valence-corrected chi connectivity index (χ2v) is 11.2. The Morgan fingerprint density at radius 2 is 1.77 bits per heavy atom. The molecule has 2 heterocycles. The van der Waals surface area contributed by atoms with Gasteiger partial charge in [0.25, 0.3) is 0 Å². The van der Waals surface area contributed by atoms with E-state index in [0.717, 1.165) is 11.4 Å². The summed E-state index contributed by atoms with van der Waals surface area (Å²) in [5, 5.41) is 2.78. The van der Waals surface area contributed by atoms with E-state index in [-0.39, 0.29) is 40.6 Å². The summed E-state index contributed by atoms with van der Waals surface area (Å²) in [4.78, 5) is 39.5. The van der Waals surface area contributed by atoms with E-state index in [9.17, 15) is 18.0 Å². The van der Waals surface area contributed by atoms with Crippen LogP contribution in [0.3, 0.4) is 0 Å². The quantitative estimate of drug-likeness (QED) is 0.558. The number of benzene rings is 1. The van der Waals surface area contributed by atoms with Gasteiger partial charge in [0.15, 0.2) is 15.6 Å². The molecule has 8 nitrogen and oxygen atoms in total. The van der Waals surface area contributed by atoms with Gasteiger partial charge in [-0.05, 0) is 62.1 Å². The first-order chi connectivity index (χ1) is 16.6. The van der Waals surface area contributed by atoms with Crippen LogP contribution >= 0.6 is 0 Å². The molecule has 1 aromatic carbocycles. The van der Waals surface area contributed by atoms with E-state index < -0.39 is 9.84 Å². The van der Waals surface area contributed by atoms with Crippen LogP contribution in [0.4, 0.5) is 5.82 Å². The first-order valence-electron chi connectivity index (χ1n) is 11.5.